The molecule has 3 nitrogen and oxygen atoms in total. The highest BCUT2D eigenvalue weighted by atomic mass is 15.3. The van der Waals surface area contributed by atoms with E-state index in [1.807, 2.05) is 0 Å². The third-order valence-electron chi connectivity index (χ3n) is 5.22. The Morgan fingerprint density at radius 2 is 1.95 bits per heavy atom. The zero-order valence-electron chi connectivity index (χ0n) is 14.3. The van der Waals surface area contributed by atoms with Gasteiger partial charge in [0.05, 0.1) is 11.7 Å². The molecule has 1 aliphatic rings. The standard InChI is InChI=1S/C18H33N3/c1-14(18(2,3)4)12-15(19)13-16-10-11-21(20-16)17-8-6-5-7-9-17/h10-11,14-15,17H,5-9,12-13,19H2,1-4H3. The van der Waals surface area contributed by atoms with E-state index in [2.05, 4.69) is 44.6 Å². The Balaban J connectivity index is 1.87. The minimum absolute atomic E-state index is 0.217. The Labute approximate surface area is 130 Å². The van der Waals surface area contributed by atoms with E-state index in [9.17, 15) is 0 Å². The van der Waals surface area contributed by atoms with Crippen molar-refractivity contribution in [1.82, 2.24) is 9.78 Å². The van der Waals surface area contributed by atoms with Crippen molar-refractivity contribution in [2.45, 2.75) is 84.7 Å². The summed E-state index contributed by atoms with van der Waals surface area (Å²) in [5.74, 6) is 0.632. The van der Waals surface area contributed by atoms with E-state index in [4.69, 9.17) is 10.8 Å². The normalized spacial score (nSPS) is 20.4. The van der Waals surface area contributed by atoms with Crippen LogP contribution in [0, 0.1) is 11.3 Å². The van der Waals surface area contributed by atoms with Crippen LogP contribution in [-0.4, -0.2) is 15.8 Å². The fraction of sp³-hybridized carbons (Fsp3) is 0.833. The maximum absolute atomic E-state index is 6.34. The molecule has 1 aliphatic carbocycles. The Bertz CT molecular complexity index is 424. The molecule has 3 heteroatoms. The average Bonchev–Trinajstić information content (AvgIpc) is 2.87. The molecule has 2 rings (SSSR count). The van der Waals surface area contributed by atoms with Gasteiger partial charge in [0.1, 0.15) is 0 Å². The summed E-state index contributed by atoms with van der Waals surface area (Å²) in [6, 6.07) is 3.00. The molecule has 1 fully saturated rings. The summed E-state index contributed by atoms with van der Waals surface area (Å²) in [5.41, 5.74) is 7.84. The monoisotopic (exact) mass is 291 g/mol. The molecule has 0 aromatic carbocycles. The Hall–Kier alpha value is -0.830. The molecule has 1 aromatic rings. The van der Waals surface area contributed by atoms with Crippen molar-refractivity contribution in [3.8, 4) is 0 Å². The number of nitrogens with zero attached hydrogens (tertiary/aromatic N) is 2. The molecule has 1 heterocycles. The molecule has 0 radical (unpaired) electrons. The van der Waals surface area contributed by atoms with Gasteiger partial charge in [-0.15, -0.1) is 0 Å². The first-order valence-corrected chi connectivity index (χ1v) is 8.66. The minimum Gasteiger partial charge on any atom is -0.327 e. The first-order valence-electron chi connectivity index (χ1n) is 8.66. The lowest BCUT2D eigenvalue weighted by Crippen LogP contribution is -2.30. The predicted octanol–water partition coefficient (Wildman–Crippen LogP) is 4.33. The summed E-state index contributed by atoms with van der Waals surface area (Å²) in [6.45, 7) is 9.19. The van der Waals surface area contributed by atoms with Crippen LogP contribution in [0.3, 0.4) is 0 Å². The number of aromatic nitrogens is 2. The summed E-state index contributed by atoms with van der Waals surface area (Å²) < 4.78 is 2.19. The highest BCUT2D eigenvalue weighted by Crippen LogP contribution is 2.30. The Morgan fingerprint density at radius 3 is 2.57 bits per heavy atom. The maximum atomic E-state index is 6.34. The Morgan fingerprint density at radius 1 is 1.29 bits per heavy atom. The molecule has 1 saturated carbocycles. The second-order valence-electron chi connectivity index (χ2n) is 8.05. The minimum atomic E-state index is 0.217. The molecule has 0 spiro atoms. The summed E-state index contributed by atoms with van der Waals surface area (Å²) >= 11 is 0. The van der Waals surface area contributed by atoms with Crippen molar-refractivity contribution in [3.63, 3.8) is 0 Å². The lowest BCUT2D eigenvalue weighted by Gasteiger charge is -2.29. The van der Waals surface area contributed by atoms with Crippen molar-refractivity contribution in [1.29, 1.82) is 0 Å². The van der Waals surface area contributed by atoms with E-state index in [0.29, 0.717) is 17.4 Å². The molecule has 2 atom stereocenters. The van der Waals surface area contributed by atoms with Gasteiger partial charge in [0.2, 0.25) is 0 Å². The van der Waals surface area contributed by atoms with Gasteiger partial charge >= 0.3 is 0 Å². The molecule has 21 heavy (non-hydrogen) atoms. The first kappa shape index (κ1) is 16.5. The fourth-order valence-electron chi connectivity index (χ4n) is 3.19. The van der Waals surface area contributed by atoms with Crippen LogP contribution >= 0.6 is 0 Å². The van der Waals surface area contributed by atoms with Gasteiger partial charge in [-0.1, -0.05) is 47.0 Å². The number of nitrogens with two attached hydrogens (primary N) is 1. The van der Waals surface area contributed by atoms with Crippen molar-refractivity contribution >= 4 is 0 Å². The molecule has 0 amide bonds. The second-order valence-corrected chi connectivity index (χ2v) is 8.05. The van der Waals surface area contributed by atoms with Crippen molar-refractivity contribution in [2.75, 3.05) is 0 Å². The summed E-state index contributed by atoms with van der Waals surface area (Å²) in [6.07, 6.45) is 10.8. The van der Waals surface area contributed by atoms with Crippen LogP contribution < -0.4 is 5.73 Å². The maximum Gasteiger partial charge on any atom is 0.0640 e. The van der Waals surface area contributed by atoms with Gasteiger partial charge in [-0.3, -0.25) is 4.68 Å². The van der Waals surface area contributed by atoms with Gasteiger partial charge in [0.25, 0.3) is 0 Å². The molecule has 2 N–H and O–H groups in total. The van der Waals surface area contributed by atoms with Crippen molar-refractivity contribution < 1.29 is 0 Å². The first-order chi connectivity index (χ1) is 9.86. The number of hydrogen-bond acceptors (Lipinski definition) is 2. The van der Waals surface area contributed by atoms with E-state index < -0.39 is 0 Å². The number of rotatable bonds is 5. The highest BCUT2D eigenvalue weighted by Gasteiger charge is 2.23. The van der Waals surface area contributed by atoms with E-state index in [1.54, 1.807) is 0 Å². The Kier molecular flexibility index (Phi) is 5.48. The zero-order valence-corrected chi connectivity index (χ0v) is 14.3. The van der Waals surface area contributed by atoms with Gasteiger partial charge in [-0.05, 0) is 36.7 Å². The van der Waals surface area contributed by atoms with Gasteiger partial charge in [-0.25, -0.2) is 0 Å². The third-order valence-corrected chi connectivity index (χ3v) is 5.22. The van der Waals surface area contributed by atoms with Crippen LogP contribution in [0.15, 0.2) is 12.3 Å². The van der Waals surface area contributed by atoms with Crippen LogP contribution in [0.2, 0.25) is 0 Å². The van der Waals surface area contributed by atoms with Gasteiger partial charge < -0.3 is 5.73 Å². The van der Waals surface area contributed by atoms with Crippen LogP contribution in [0.5, 0.6) is 0 Å². The van der Waals surface area contributed by atoms with Crippen LogP contribution in [0.1, 0.15) is 78.0 Å². The molecular formula is C18H33N3. The second kappa shape index (κ2) is 6.95. The molecule has 1 aromatic heterocycles. The summed E-state index contributed by atoms with van der Waals surface area (Å²) in [4.78, 5) is 0. The van der Waals surface area contributed by atoms with Gasteiger partial charge in [0, 0.05) is 18.7 Å². The third kappa shape index (κ3) is 4.84. The van der Waals surface area contributed by atoms with Crippen LogP contribution in [0.25, 0.3) is 0 Å². The average molecular weight is 291 g/mol. The van der Waals surface area contributed by atoms with Gasteiger partial charge in [0.15, 0.2) is 0 Å². The molecular weight excluding hydrogens is 258 g/mol. The molecule has 2 unspecified atom stereocenters. The van der Waals surface area contributed by atoms with Crippen molar-refractivity contribution in [3.05, 3.63) is 18.0 Å². The van der Waals surface area contributed by atoms with Crippen molar-refractivity contribution in [2.24, 2.45) is 17.1 Å². The lowest BCUT2D eigenvalue weighted by molar-refractivity contribution is 0.232. The number of hydrogen-bond donors (Lipinski definition) is 1. The molecule has 120 valence electrons. The van der Waals surface area contributed by atoms with E-state index in [0.717, 1.165) is 18.5 Å². The van der Waals surface area contributed by atoms with E-state index in [-0.39, 0.29) is 6.04 Å². The smallest absolute Gasteiger partial charge is 0.0640 e. The SMILES string of the molecule is CC(CC(N)Cc1ccn(C2CCCCC2)n1)C(C)(C)C. The largest absolute Gasteiger partial charge is 0.327 e. The zero-order chi connectivity index (χ0) is 15.5. The predicted molar refractivity (Wildman–Crippen MR) is 89.3 cm³/mol. The van der Waals surface area contributed by atoms with Crippen LogP contribution in [0.4, 0.5) is 0 Å². The van der Waals surface area contributed by atoms with Crippen LogP contribution in [-0.2, 0) is 6.42 Å². The lowest BCUT2D eigenvalue weighted by atomic mass is 9.78. The van der Waals surface area contributed by atoms with E-state index in [1.165, 1.54) is 32.1 Å². The fourth-order valence-corrected chi connectivity index (χ4v) is 3.19. The highest BCUT2D eigenvalue weighted by molar-refractivity contribution is 5.02. The summed E-state index contributed by atoms with van der Waals surface area (Å²) in [5, 5.41) is 4.78. The molecule has 0 saturated heterocycles. The van der Waals surface area contributed by atoms with E-state index >= 15 is 0 Å². The quantitative estimate of drug-likeness (QED) is 0.877. The molecule has 0 aliphatic heterocycles. The van der Waals surface area contributed by atoms with Gasteiger partial charge in [-0.2, -0.15) is 5.10 Å². The molecule has 0 bridgehead atoms. The summed E-state index contributed by atoms with van der Waals surface area (Å²) in [7, 11) is 0. The topological polar surface area (TPSA) is 43.8 Å².